The molecule has 0 radical (unpaired) electrons. The summed E-state index contributed by atoms with van der Waals surface area (Å²) in [5.41, 5.74) is -0.708. The van der Waals surface area contributed by atoms with Gasteiger partial charge in [-0.05, 0) is 0 Å². The molecule has 0 N–H and O–H groups in total. The number of nitrogens with zero attached hydrogens (tertiary/aromatic N) is 4. The highest BCUT2D eigenvalue weighted by molar-refractivity contribution is 5.54. The maximum Gasteiger partial charge on any atom is 0.360 e. The molecule has 96 valence electrons. The van der Waals surface area contributed by atoms with Crippen molar-refractivity contribution in [3.8, 4) is 6.07 Å². The molecule has 0 saturated carbocycles. The van der Waals surface area contributed by atoms with Gasteiger partial charge in [-0.2, -0.15) is 10.2 Å². The van der Waals surface area contributed by atoms with E-state index in [1.165, 1.54) is 0 Å². The van der Waals surface area contributed by atoms with Crippen molar-refractivity contribution in [2.45, 2.75) is 0 Å². The van der Waals surface area contributed by atoms with Gasteiger partial charge in [-0.3, -0.25) is 0 Å². The minimum absolute atomic E-state index is 0.0532. The van der Waals surface area contributed by atoms with E-state index < -0.39 is 5.63 Å². The Morgan fingerprint density at radius 1 is 1.39 bits per heavy atom. The number of nitriles is 1. The van der Waals surface area contributed by atoms with Crippen LogP contribution in [0, 0.1) is 11.3 Å². The minimum atomic E-state index is -0.655. The number of hydrogen-bond acceptors (Lipinski definition) is 7. The van der Waals surface area contributed by atoms with E-state index in [-0.39, 0.29) is 11.6 Å². The summed E-state index contributed by atoms with van der Waals surface area (Å²) in [5, 5.41) is 9.04. The van der Waals surface area contributed by atoms with Crippen molar-refractivity contribution in [2.75, 3.05) is 50.2 Å². The molecule has 7 heteroatoms. The van der Waals surface area contributed by atoms with Gasteiger partial charge in [-0.15, -0.1) is 0 Å². The molecule has 0 unspecified atom stereocenters. The van der Waals surface area contributed by atoms with Crippen molar-refractivity contribution in [3.63, 3.8) is 0 Å². The van der Waals surface area contributed by atoms with Crippen LogP contribution in [0.3, 0.4) is 0 Å². The van der Waals surface area contributed by atoms with Crippen LogP contribution in [0.4, 0.5) is 11.8 Å². The van der Waals surface area contributed by atoms with Crippen molar-refractivity contribution in [1.82, 2.24) is 4.98 Å². The van der Waals surface area contributed by atoms with Crippen LogP contribution in [0.25, 0.3) is 0 Å². The fourth-order valence-electron chi connectivity index (χ4n) is 1.69. The summed E-state index contributed by atoms with van der Waals surface area (Å²) in [6.07, 6.45) is 0. The molecular formula is C11H14N4O3. The lowest BCUT2D eigenvalue weighted by Crippen LogP contribution is -2.38. The van der Waals surface area contributed by atoms with Gasteiger partial charge in [-0.1, -0.05) is 0 Å². The highest BCUT2D eigenvalue weighted by Crippen LogP contribution is 2.19. The zero-order chi connectivity index (χ0) is 13.1. The second-order valence-electron chi connectivity index (χ2n) is 4.09. The molecule has 2 heterocycles. The molecule has 0 aliphatic carbocycles. The Kier molecular flexibility index (Phi) is 3.48. The Balaban J connectivity index is 2.49. The second-order valence-corrected chi connectivity index (χ2v) is 4.09. The molecule has 1 saturated heterocycles. The summed E-state index contributed by atoms with van der Waals surface area (Å²) in [7, 11) is 3.45. The zero-order valence-corrected chi connectivity index (χ0v) is 10.3. The summed E-state index contributed by atoms with van der Waals surface area (Å²) in [5.74, 6) is 0.376. The fraction of sp³-hybridized carbons (Fsp3) is 0.545. The van der Waals surface area contributed by atoms with Crippen LogP contribution < -0.4 is 15.4 Å². The van der Waals surface area contributed by atoms with Crippen molar-refractivity contribution in [1.29, 1.82) is 5.26 Å². The average Bonchev–Trinajstić information content (AvgIpc) is 2.38. The number of ether oxygens (including phenoxy) is 1. The van der Waals surface area contributed by atoms with Gasteiger partial charge in [0.25, 0.3) is 0 Å². The Morgan fingerprint density at radius 3 is 2.61 bits per heavy atom. The van der Waals surface area contributed by atoms with Gasteiger partial charge in [0, 0.05) is 27.2 Å². The first-order valence-electron chi connectivity index (χ1n) is 5.58. The Morgan fingerprint density at radius 2 is 2.06 bits per heavy atom. The summed E-state index contributed by atoms with van der Waals surface area (Å²) >= 11 is 0. The van der Waals surface area contributed by atoms with E-state index in [9.17, 15) is 4.79 Å². The van der Waals surface area contributed by atoms with E-state index >= 15 is 0 Å². The topological polar surface area (TPSA) is 82.6 Å². The molecule has 1 fully saturated rings. The first-order chi connectivity index (χ1) is 8.63. The maximum atomic E-state index is 11.7. The van der Waals surface area contributed by atoms with Crippen LogP contribution in [-0.2, 0) is 4.74 Å². The summed E-state index contributed by atoms with van der Waals surface area (Å²) in [6.45, 7) is 2.34. The largest absolute Gasteiger partial charge is 0.388 e. The van der Waals surface area contributed by atoms with Crippen LogP contribution in [-0.4, -0.2) is 45.4 Å². The van der Waals surface area contributed by atoms with Gasteiger partial charge in [0.2, 0.25) is 0 Å². The van der Waals surface area contributed by atoms with Crippen LogP contribution in [0.5, 0.6) is 0 Å². The Bertz CT molecular complexity index is 526. The quantitative estimate of drug-likeness (QED) is 0.719. The molecule has 7 nitrogen and oxygen atoms in total. The molecule has 18 heavy (non-hydrogen) atoms. The van der Waals surface area contributed by atoms with Crippen LogP contribution in [0.15, 0.2) is 9.21 Å². The van der Waals surface area contributed by atoms with Crippen LogP contribution >= 0.6 is 0 Å². The molecule has 1 aromatic rings. The van der Waals surface area contributed by atoms with E-state index in [4.69, 9.17) is 14.4 Å². The molecule has 2 rings (SSSR count). The predicted octanol–water partition coefficient (Wildman–Crippen LogP) is -0.191. The first-order valence-corrected chi connectivity index (χ1v) is 5.58. The van der Waals surface area contributed by atoms with Gasteiger partial charge in [0.15, 0.2) is 11.4 Å². The molecule has 0 amide bonds. The normalized spacial score (nSPS) is 15.3. The van der Waals surface area contributed by atoms with Crippen molar-refractivity contribution in [2.24, 2.45) is 0 Å². The van der Waals surface area contributed by atoms with E-state index in [1.54, 1.807) is 19.0 Å². The van der Waals surface area contributed by atoms with E-state index in [0.29, 0.717) is 32.1 Å². The fourth-order valence-corrected chi connectivity index (χ4v) is 1.69. The highest BCUT2D eigenvalue weighted by Gasteiger charge is 2.21. The Labute approximate surface area is 104 Å². The first kappa shape index (κ1) is 12.4. The molecule has 1 aliphatic heterocycles. The molecule has 0 spiro atoms. The third-order valence-corrected chi connectivity index (χ3v) is 2.62. The molecule has 0 bridgehead atoms. The molecular weight excluding hydrogens is 236 g/mol. The second kappa shape index (κ2) is 5.06. The van der Waals surface area contributed by atoms with Gasteiger partial charge in [-0.25, -0.2) is 4.79 Å². The molecule has 0 aromatic carbocycles. The van der Waals surface area contributed by atoms with Crippen LogP contribution in [0.1, 0.15) is 5.56 Å². The summed E-state index contributed by atoms with van der Waals surface area (Å²) in [6, 6.07) is 2.05. The summed E-state index contributed by atoms with van der Waals surface area (Å²) < 4.78 is 10.2. The maximum absolute atomic E-state index is 11.7. The highest BCUT2D eigenvalue weighted by atomic mass is 16.5. The van der Waals surface area contributed by atoms with Crippen LogP contribution in [0.2, 0.25) is 0 Å². The van der Waals surface area contributed by atoms with E-state index in [1.807, 2.05) is 11.0 Å². The van der Waals surface area contributed by atoms with Gasteiger partial charge >= 0.3 is 11.6 Å². The third kappa shape index (κ3) is 2.28. The van der Waals surface area contributed by atoms with Gasteiger partial charge in [0.05, 0.1) is 13.2 Å². The standard InChI is InChI=1S/C11H14N4O3/c1-14(2)11-13-9(8(7-12)10(16)18-11)15-3-5-17-6-4-15/h3-6H2,1-2H3. The van der Waals surface area contributed by atoms with E-state index in [0.717, 1.165) is 0 Å². The minimum Gasteiger partial charge on any atom is -0.388 e. The molecule has 1 aliphatic rings. The predicted molar refractivity (Wildman–Crippen MR) is 64.8 cm³/mol. The molecule has 1 aromatic heterocycles. The van der Waals surface area contributed by atoms with Crippen molar-refractivity contribution >= 4 is 11.8 Å². The van der Waals surface area contributed by atoms with Gasteiger partial charge < -0.3 is 19.0 Å². The molecule has 0 atom stereocenters. The number of anilines is 2. The van der Waals surface area contributed by atoms with E-state index in [2.05, 4.69) is 4.98 Å². The lowest BCUT2D eigenvalue weighted by molar-refractivity contribution is 0.122. The lowest BCUT2D eigenvalue weighted by atomic mass is 10.3. The zero-order valence-electron chi connectivity index (χ0n) is 10.3. The smallest absolute Gasteiger partial charge is 0.360 e. The number of rotatable bonds is 2. The number of morpholine rings is 1. The summed E-state index contributed by atoms with van der Waals surface area (Å²) in [4.78, 5) is 19.4. The average molecular weight is 250 g/mol. The van der Waals surface area contributed by atoms with Crippen molar-refractivity contribution in [3.05, 3.63) is 16.0 Å². The lowest BCUT2D eigenvalue weighted by Gasteiger charge is -2.28. The third-order valence-electron chi connectivity index (χ3n) is 2.62. The Hall–Kier alpha value is -2.07. The monoisotopic (exact) mass is 250 g/mol. The number of hydrogen-bond donors (Lipinski definition) is 0. The van der Waals surface area contributed by atoms with Crippen molar-refractivity contribution < 1.29 is 9.15 Å². The SMILES string of the molecule is CN(C)c1nc(N2CCOCC2)c(C#N)c(=O)o1. The van der Waals surface area contributed by atoms with Gasteiger partial charge in [0.1, 0.15) is 6.07 Å². The number of aromatic nitrogens is 1.